The fraction of sp³-hybridized carbons (Fsp3) is 0. The second-order valence-electron chi connectivity index (χ2n) is 9.47. The summed E-state index contributed by atoms with van der Waals surface area (Å²) < 4.78 is 2.41. The molecule has 6 N–H and O–H groups in total. The van der Waals surface area contributed by atoms with Crippen LogP contribution in [0.5, 0.6) is 34.5 Å². The van der Waals surface area contributed by atoms with Crippen LogP contribution in [0.15, 0.2) is 94.8 Å². The fourth-order valence-corrected chi connectivity index (χ4v) is 4.64. The number of phenolic OH excluding ortho intramolecular Hbond substituents is 6. The molecule has 0 amide bonds. The Morgan fingerprint density at radius 3 is 1.16 bits per heavy atom. The average Bonchev–Trinajstić information content (AvgIpc) is 2.98. The topological polar surface area (TPSA) is 213 Å². The Bertz CT molecular complexity index is 2130. The van der Waals surface area contributed by atoms with Crippen molar-refractivity contribution in [3.63, 3.8) is 0 Å². The van der Waals surface area contributed by atoms with E-state index in [1.54, 1.807) is 0 Å². The maximum Gasteiger partial charge on any atom is 0.266 e. The minimum atomic E-state index is -0.530. The van der Waals surface area contributed by atoms with Crippen molar-refractivity contribution in [1.82, 2.24) is 9.13 Å². The number of phenols is 6. The maximum absolute atomic E-state index is 12.6. The molecule has 0 aliphatic carbocycles. The molecule has 0 saturated heterocycles. The molecule has 12 heteroatoms. The van der Waals surface area contributed by atoms with E-state index in [0.29, 0.717) is 11.4 Å². The predicted molar refractivity (Wildman–Crippen MR) is 159 cm³/mol. The number of benzene rings is 4. The first-order valence-corrected chi connectivity index (χ1v) is 12.6. The summed E-state index contributed by atoms with van der Waals surface area (Å²) in [6, 6.07) is 20.2. The highest BCUT2D eigenvalue weighted by Crippen LogP contribution is 2.31. The third-order valence-electron chi connectivity index (χ3n) is 6.66. The molecule has 44 heavy (non-hydrogen) atoms. The van der Waals surface area contributed by atoms with Gasteiger partial charge in [-0.05, 0) is 60.7 Å². The van der Waals surface area contributed by atoms with Crippen molar-refractivity contribution < 1.29 is 30.6 Å². The van der Waals surface area contributed by atoms with Crippen molar-refractivity contribution in [2.75, 3.05) is 0 Å². The Morgan fingerprint density at radius 2 is 0.841 bits per heavy atom. The molecule has 4 aromatic carbocycles. The van der Waals surface area contributed by atoms with Gasteiger partial charge in [-0.1, -0.05) is 0 Å². The standard InChI is InChI=1S/2C16H10N2O4/c2*17-7-9-8-18(10-1-3-11(19)4-2-10)16(22)15-13(9)5-12(20)6-14(15)21/h2*1-6,8,19-21H. The van der Waals surface area contributed by atoms with E-state index in [1.807, 2.05) is 12.1 Å². The summed E-state index contributed by atoms with van der Waals surface area (Å²) in [5, 5.41) is 76.4. The highest BCUT2D eigenvalue weighted by atomic mass is 16.3. The summed E-state index contributed by atoms with van der Waals surface area (Å²) in [6.07, 6.45) is 2.66. The highest BCUT2D eigenvalue weighted by molar-refractivity contribution is 5.94. The van der Waals surface area contributed by atoms with Gasteiger partial charge in [0.15, 0.2) is 0 Å². The zero-order chi connectivity index (χ0) is 31.7. The number of fused-ring (bicyclic) bond motifs is 2. The van der Waals surface area contributed by atoms with Gasteiger partial charge in [-0.3, -0.25) is 18.7 Å². The second-order valence-corrected chi connectivity index (χ2v) is 9.47. The highest BCUT2D eigenvalue weighted by Gasteiger charge is 2.16. The smallest absolute Gasteiger partial charge is 0.266 e. The molecule has 0 fully saturated rings. The molecule has 216 valence electrons. The van der Waals surface area contributed by atoms with Crippen LogP contribution in [0.3, 0.4) is 0 Å². The lowest BCUT2D eigenvalue weighted by molar-refractivity contribution is 0.453. The molecule has 0 unspecified atom stereocenters. The lowest BCUT2D eigenvalue weighted by Crippen LogP contribution is -2.18. The van der Waals surface area contributed by atoms with Crippen molar-refractivity contribution in [3.05, 3.63) is 117 Å². The summed E-state index contributed by atoms with van der Waals surface area (Å²) in [6.45, 7) is 0. The molecule has 0 spiro atoms. The van der Waals surface area contributed by atoms with Crippen LogP contribution in [0.4, 0.5) is 0 Å². The van der Waals surface area contributed by atoms with Crippen LogP contribution < -0.4 is 11.1 Å². The molecule has 12 nitrogen and oxygen atoms in total. The molecule has 6 aromatic rings. The van der Waals surface area contributed by atoms with Crippen molar-refractivity contribution in [3.8, 4) is 58.0 Å². The molecule has 0 bridgehead atoms. The second kappa shape index (κ2) is 11.2. The lowest BCUT2D eigenvalue weighted by atomic mass is 10.1. The maximum atomic E-state index is 12.6. The largest absolute Gasteiger partial charge is 0.508 e. The molecule has 6 rings (SSSR count). The van der Waals surface area contributed by atoms with E-state index < -0.39 is 22.6 Å². The summed E-state index contributed by atoms with van der Waals surface area (Å²) in [4.78, 5) is 25.1. The first-order valence-electron chi connectivity index (χ1n) is 12.6. The zero-order valence-corrected chi connectivity index (χ0v) is 22.4. The lowest BCUT2D eigenvalue weighted by Gasteiger charge is -2.10. The quantitative estimate of drug-likeness (QED) is 0.171. The van der Waals surface area contributed by atoms with Gasteiger partial charge in [-0.2, -0.15) is 10.5 Å². The van der Waals surface area contributed by atoms with Gasteiger partial charge in [0.25, 0.3) is 11.1 Å². The number of aromatic nitrogens is 2. The Labute approximate surface area is 246 Å². The fourth-order valence-electron chi connectivity index (χ4n) is 4.64. The van der Waals surface area contributed by atoms with Crippen molar-refractivity contribution in [1.29, 1.82) is 10.5 Å². The van der Waals surface area contributed by atoms with Gasteiger partial charge in [-0.25, -0.2) is 0 Å². The third kappa shape index (κ3) is 5.13. The van der Waals surface area contributed by atoms with Crippen LogP contribution in [0.25, 0.3) is 32.9 Å². The number of aromatic hydroxyl groups is 6. The van der Waals surface area contributed by atoms with Gasteiger partial charge in [-0.15, -0.1) is 0 Å². The van der Waals surface area contributed by atoms with Gasteiger partial charge < -0.3 is 30.6 Å². The van der Waals surface area contributed by atoms with E-state index in [1.165, 1.54) is 82.2 Å². The molecule has 2 aromatic heterocycles. The summed E-state index contributed by atoms with van der Waals surface area (Å²) >= 11 is 0. The van der Waals surface area contributed by atoms with Crippen LogP contribution in [0.1, 0.15) is 11.1 Å². The Balaban J connectivity index is 0.000000175. The Morgan fingerprint density at radius 1 is 0.500 bits per heavy atom. The summed E-state index contributed by atoms with van der Waals surface area (Å²) in [5.41, 5.74) is 0.0829. The molecule has 0 atom stereocenters. The van der Waals surface area contributed by atoms with Crippen LogP contribution in [0, 0.1) is 22.7 Å². The van der Waals surface area contributed by atoms with E-state index >= 15 is 0 Å². The average molecular weight is 589 g/mol. The summed E-state index contributed by atoms with van der Waals surface area (Å²) in [7, 11) is 0. The molecular weight excluding hydrogens is 568 g/mol. The number of pyridine rings is 2. The van der Waals surface area contributed by atoms with E-state index in [-0.39, 0.29) is 55.7 Å². The normalized spacial score (nSPS) is 10.5. The van der Waals surface area contributed by atoms with Gasteiger partial charge in [0, 0.05) is 46.7 Å². The zero-order valence-electron chi connectivity index (χ0n) is 22.4. The summed E-state index contributed by atoms with van der Waals surface area (Å²) in [5.74, 6) is -1.17. The molecular formula is C32H20N4O8. The van der Waals surface area contributed by atoms with Gasteiger partial charge >= 0.3 is 0 Å². The van der Waals surface area contributed by atoms with Gasteiger partial charge in [0.1, 0.15) is 46.6 Å². The van der Waals surface area contributed by atoms with Crippen molar-refractivity contribution in [2.45, 2.75) is 0 Å². The minimum absolute atomic E-state index is 0.0471. The van der Waals surface area contributed by atoms with Crippen LogP contribution in [0.2, 0.25) is 0 Å². The van der Waals surface area contributed by atoms with Crippen LogP contribution in [-0.4, -0.2) is 39.8 Å². The predicted octanol–water partition coefficient (Wildman–Crippen LogP) is 3.96. The molecule has 0 aliphatic rings. The SMILES string of the molecule is N#Cc1cn(-c2ccc(O)cc2)c(=O)c2c(O)cc(O)cc12.N#Cc1cn(-c2ccc(O)cc2)c(=O)c2c(O)cc(O)cc12. The number of nitrogens with zero attached hydrogens (tertiary/aromatic N) is 4. The minimum Gasteiger partial charge on any atom is -0.508 e. The van der Waals surface area contributed by atoms with E-state index in [2.05, 4.69) is 0 Å². The molecule has 2 heterocycles. The Kier molecular flexibility index (Phi) is 7.25. The van der Waals surface area contributed by atoms with Crippen molar-refractivity contribution in [2.24, 2.45) is 0 Å². The van der Waals surface area contributed by atoms with Crippen LogP contribution in [-0.2, 0) is 0 Å². The first kappa shape index (κ1) is 28.6. The molecule has 0 aliphatic heterocycles. The van der Waals surface area contributed by atoms with Gasteiger partial charge in [0.05, 0.1) is 21.9 Å². The first-order chi connectivity index (χ1) is 21.0. The molecule has 0 saturated carbocycles. The number of rotatable bonds is 2. The molecule has 0 radical (unpaired) electrons. The monoisotopic (exact) mass is 588 g/mol. The van der Waals surface area contributed by atoms with E-state index in [4.69, 9.17) is 0 Å². The van der Waals surface area contributed by atoms with E-state index in [0.717, 1.165) is 12.1 Å². The number of hydrogen-bond acceptors (Lipinski definition) is 10. The third-order valence-corrected chi connectivity index (χ3v) is 6.66. The van der Waals surface area contributed by atoms with Gasteiger partial charge in [0.2, 0.25) is 0 Å². The van der Waals surface area contributed by atoms with Crippen molar-refractivity contribution >= 4 is 21.5 Å². The van der Waals surface area contributed by atoms with E-state index in [9.17, 15) is 50.8 Å². The van der Waals surface area contributed by atoms with Crippen LogP contribution >= 0.6 is 0 Å². The number of nitriles is 2. The number of hydrogen-bond donors (Lipinski definition) is 6. The Hall–Kier alpha value is -6.92.